The van der Waals surface area contributed by atoms with Crippen LogP contribution in [0.2, 0.25) is 0 Å². The fourth-order valence-electron chi connectivity index (χ4n) is 2.07. The molecule has 0 bridgehead atoms. The van der Waals surface area contributed by atoms with E-state index in [1.165, 1.54) is 0 Å². The van der Waals surface area contributed by atoms with Gasteiger partial charge in [-0.1, -0.05) is 31.5 Å². The van der Waals surface area contributed by atoms with Crippen molar-refractivity contribution in [2.24, 2.45) is 5.73 Å². The molecule has 4 nitrogen and oxygen atoms in total. The highest BCUT2D eigenvalue weighted by Gasteiger charge is 2.15. The van der Waals surface area contributed by atoms with Gasteiger partial charge in [-0.15, -0.1) is 12.4 Å². The molecular formula is C16H27ClN2O2. The second-order valence-electron chi connectivity index (χ2n) is 5.34. The van der Waals surface area contributed by atoms with Crippen molar-refractivity contribution < 1.29 is 9.53 Å². The SMILES string of the molecule is CCCC(N)C(=O)NC(C)COc1c(C)cccc1C.Cl. The van der Waals surface area contributed by atoms with Crippen LogP contribution in [0.5, 0.6) is 5.75 Å². The molecule has 1 rings (SSSR count). The maximum atomic E-state index is 11.8. The first kappa shape index (κ1) is 19.7. The van der Waals surface area contributed by atoms with Crippen molar-refractivity contribution >= 4 is 18.3 Å². The average Bonchev–Trinajstić information content (AvgIpc) is 2.38. The van der Waals surface area contributed by atoms with E-state index in [1.54, 1.807) is 0 Å². The van der Waals surface area contributed by atoms with E-state index in [9.17, 15) is 4.79 Å². The van der Waals surface area contributed by atoms with Crippen molar-refractivity contribution in [3.63, 3.8) is 0 Å². The molecule has 0 saturated heterocycles. The summed E-state index contributed by atoms with van der Waals surface area (Å²) in [5.41, 5.74) is 7.98. The molecule has 0 spiro atoms. The number of carbonyl (C=O) groups excluding carboxylic acids is 1. The number of hydrogen-bond acceptors (Lipinski definition) is 3. The molecule has 0 aliphatic carbocycles. The van der Waals surface area contributed by atoms with Gasteiger partial charge >= 0.3 is 0 Å². The first-order chi connectivity index (χ1) is 9.45. The van der Waals surface area contributed by atoms with Crippen molar-refractivity contribution in [3.8, 4) is 5.75 Å². The Morgan fingerprint density at radius 1 is 1.33 bits per heavy atom. The fourth-order valence-corrected chi connectivity index (χ4v) is 2.07. The van der Waals surface area contributed by atoms with Crippen LogP contribution in [0.4, 0.5) is 0 Å². The summed E-state index contributed by atoms with van der Waals surface area (Å²) in [7, 11) is 0. The average molecular weight is 315 g/mol. The van der Waals surface area contributed by atoms with Crippen LogP contribution in [0, 0.1) is 13.8 Å². The van der Waals surface area contributed by atoms with Gasteiger partial charge in [-0.2, -0.15) is 0 Å². The third-order valence-corrected chi connectivity index (χ3v) is 3.21. The molecule has 0 aromatic heterocycles. The minimum atomic E-state index is -0.428. The zero-order valence-electron chi connectivity index (χ0n) is 13.3. The maximum Gasteiger partial charge on any atom is 0.237 e. The predicted molar refractivity (Wildman–Crippen MR) is 89.1 cm³/mol. The molecule has 1 amide bonds. The summed E-state index contributed by atoms with van der Waals surface area (Å²) in [5.74, 6) is 0.788. The number of aryl methyl sites for hydroxylation is 2. The van der Waals surface area contributed by atoms with Crippen LogP contribution < -0.4 is 15.8 Å². The number of nitrogens with two attached hydrogens (primary N) is 1. The van der Waals surface area contributed by atoms with E-state index in [1.807, 2.05) is 45.9 Å². The Kier molecular flexibility index (Phi) is 9.06. The van der Waals surface area contributed by atoms with Crippen molar-refractivity contribution in [2.45, 2.75) is 52.6 Å². The molecule has 120 valence electrons. The number of hydrogen-bond donors (Lipinski definition) is 2. The van der Waals surface area contributed by atoms with Crippen LogP contribution in [-0.2, 0) is 4.79 Å². The van der Waals surface area contributed by atoms with Crippen LogP contribution in [0.25, 0.3) is 0 Å². The van der Waals surface area contributed by atoms with Crippen LogP contribution in [0.15, 0.2) is 18.2 Å². The minimum Gasteiger partial charge on any atom is -0.491 e. The topological polar surface area (TPSA) is 64.4 Å². The lowest BCUT2D eigenvalue weighted by Gasteiger charge is -2.19. The lowest BCUT2D eigenvalue weighted by molar-refractivity contribution is -0.123. The number of amides is 1. The Hall–Kier alpha value is -1.26. The van der Waals surface area contributed by atoms with E-state index in [-0.39, 0.29) is 24.4 Å². The number of nitrogens with one attached hydrogen (secondary N) is 1. The van der Waals surface area contributed by atoms with Crippen LogP contribution in [-0.4, -0.2) is 24.6 Å². The van der Waals surface area contributed by atoms with E-state index in [2.05, 4.69) is 5.32 Å². The standard InChI is InChI=1S/C16H26N2O2.ClH/c1-5-7-14(17)16(19)18-13(4)10-20-15-11(2)8-6-9-12(15)3;/h6,8-9,13-14H,5,7,10,17H2,1-4H3,(H,18,19);1H. The molecule has 2 unspecified atom stereocenters. The highest BCUT2D eigenvalue weighted by Crippen LogP contribution is 2.22. The largest absolute Gasteiger partial charge is 0.491 e. The molecule has 0 heterocycles. The van der Waals surface area contributed by atoms with Gasteiger partial charge in [-0.05, 0) is 38.3 Å². The summed E-state index contributed by atoms with van der Waals surface area (Å²) < 4.78 is 5.81. The molecule has 3 N–H and O–H groups in total. The molecule has 1 aromatic rings. The normalized spacial score (nSPS) is 13.0. The zero-order valence-corrected chi connectivity index (χ0v) is 14.1. The maximum absolute atomic E-state index is 11.8. The third-order valence-electron chi connectivity index (χ3n) is 3.21. The lowest BCUT2D eigenvalue weighted by Crippen LogP contribution is -2.46. The van der Waals surface area contributed by atoms with E-state index in [0.717, 1.165) is 23.3 Å². The Labute approximate surface area is 133 Å². The molecule has 2 atom stereocenters. The second-order valence-corrected chi connectivity index (χ2v) is 5.34. The number of carbonyl (C=O) groups is 1. The van der Waals surface area contributed by atoms with Crippen LogP contribution in [0.3, 0.4) is 0 Å². The number of para-hydroxylation sites is 1. The molecule has 0 radical (unpaired) electrons. The van der Waals surface area contributed by atoms with Crippen molar-refractivity contribution in [3.05, 3.63) is 29.3 Å². The van der Waals surface area contributed by atoms with Gasteiger partial charge in [-0.3, -0.25) is 4.79 Å². The van der Waals surface area contributed by atoms with E-state index in [0.29, 0.717) is 13.0 Å². The highest BCUT2D eigenvalue weighted by molar-refractivity contribution is 5.85. The summed E-state index contributed by atoms with van der Waals surface area (Å²) in [5, 5.41) is 2.88. The van der Waals surface area contributed by atoms with Gasteiger partial charge in [0.05, 0.1) is 12.1 Å². The summed E-state index contributed by atoms with van der Waals surface area (Å²) in [6.07, 6.45) is 1.61. The predicted octanol–water partition coefficient (Wildman–Crippen LogP) is 2.74. The van der Waals surface area contributed by atoms with E-state index >= 15 is 0 Å². The second kappa shape index (κ2) is 9.64. The number of halogens is 1. The molecule has 1 aromatic carbocycles. The van der Waals surface area contributed by atoms with Gasteiger partial charge in [0.2, 0.25) is 5.91 Å². The van der Waals surface area contributed by atoms with Gasteiger partial charge in [-0.25, -0.2) is 0 Å². The molecule has 0 fully saturated rings. The van der Waals surface area contributed by atoms with E-state index < -0.39 is 6.04 Å². The molecule has 0 aliphatic rings. The molecule has 0 saturated carbocycles. The smallest absolute Gasteiger partial charge is 0.237 e. The molecule has 0 aliphatic heterocycles. The Balaban J connectivity index is 0.00000400. The molecular weight excluding hydrogens is 288 g/mol. The Morgan fingerprint density at radius 2 is 1.90 bits per heavy atom. The summed E-state index contributed by atoms with van der Waals surface area (Å²) in [4.78, 5) is 11.8. The van der Waals surface area contributed by atoms with Gasteiger partial charge in [0, 0.05) is 0 Å². The lowest BCUT2D eigenvalue weighted by atomic mass is 10.1. The van der Waals surface area contributed by atoms with Crippen molar-refractivity contribution in [2.75, 3.05) is 6.61 Å². The summed E-state index contributed by atoms with van der Waals surface area (Å²) in [6.45, 7) is 8.41. The van der Waals surface area contributed by atoms with Crippen molar-refractivity contribution in [1.29, 1.82) is 0 Å². The van der Waals surface area contributed by atoms with Crippen molar-refractivity contribution in [1.82, 2.24) is 5.32 Å². The Morgan fingerprint density at radius 3 is 2.43 bits per heavy atom. The fraction of sp³-hybridized carbons (Fsp3) is 0.562. The first-order valence-corrected chi connectivity index (χ1v) is 7.20. The van der Waals surface area contributed by atoms with Gasteiger partial charge in [0.25, 0.3) is 0 Å². The number of rotatable bonds is 7. The minimum absolute atomic E-state index is 0. The molecule has 21 heavy (non-hydrogen) atoms. The highest BCUT2D eigenvalue weighted by atomic mass is 35.5. The Bertz CT molecular complexity index is 432. The number of ether oxygens (including phenoxy) is 1. The summed E-state index contributed by atoms with van der Waals surface area (Å²) in [6, 6.07) is 5.55. The molecule has 5 heteroatoms. The van der Waals surface area contributed by atoms with Gasteiger partial charge < -0.3 is 15.8 Å². The van der Waals surface area contributed by atoms with Gasteiger partial charge in [0.15, 0.2) is 0 Å². The number of benzene rings is 1. The van der Waals surface area contributed by atoms with Crippen LogP contribution >= 0.6 is 12.4 Å². The van der Waals surface area contributed by atoms with Gasteiger partial charge in [0.1, 0.15) is 12.4 Å². The summed E-state index contributed by atoms with van der Waals surface area (Å²) >= 11 is 0. The first-order valence-electron chi connectivity index (χ1n) is 7.20. The zero-order chi connectivity index (χ0) is 15.1. The van der Waals surface area contributed by atoms with Crippen LogP contribution in [0.1, 0.15) is 37.8 Å². The monoisotopic (exact) mass is 314 g/mol. The third kappa shape index (κ3) is 6.36. The van der Waals surface area contributed by atoms with E-state index in [4.69, 9.17) is 10.5 Å². The quantitative estimate of drug-likeness (QED) is 0.813.